The Morgan fingerprint density at radius 1 is 1.44 bits per heavy atom. The second kappa shape index (κ2) is 7.04. The van der Waals surface area contributed by atoms with Gasteiger partial charge in [-0.2, -0.15) is 0 Å². The lowest BCUT2D eigenvalue weighted by atomic mass is 10.2. The molecule has 0 aromatic heterocycles. The van der Waals surface area contributed by atoms with Crippen LogP contribution in [0.3, 0.4) is 0 Å². The summed E-state index contributed by atoms with van der Waals surface area (Å²) in [6.45, 7) is 5.84. The van der Waals surface area contributed by atoms with Gasteiger partial charge in [-0.3, -0.25) is 9.69 Å². The molecule has 104 valence electrons. The minimum atomic E-state index is -0.380. The molecule has 2 saturated heterocycles. The standard InChI is InChI=1S/C12H23N3O3/c16-10-8-11(14-9-10)12(17)13-2-1-3-15-4-6-18-7-5-15/h10-11,14,16H,1-9H2,(H,13,17). The van der Waals surface area contributed by atoms with E-state index in [1.165, 1.54) is 0 Å². The van der Waals surface area contributed by atoms with Crippen molar-refractivity contribution in [3.05, 3.63) is 0 Å². The van der Waals surface area contributed by atoms with Gasteiger partial charge in [0.1, 0.15) is 0 Å². The smallest absolute Gasteiger partial charge is 0.237 e. The van der Waals surface area contributed by atoms with Gasteiger partial charge in [-0.1, -0.05) is 0 Å². The van der Waals surface area contributed by atoms with Gasteiger partial charge in [0.15, 0.2) is 0 Å². The van der Waals surface area contributed by atoms with E-state index < -0.39 is 0 Å². The summed E-state index contributed by atoms with van der Waals surface area (Å²) in [6.07, 6.45) is 1.10. The van der Waals surface area contributed by atoms with E-state index in [4.69, 9.17) is 4.74 Å². The molecule has 6 nitrogen and oxygen atoms in total. The van der Waals surface area contributed by atoms with Crippen LogP contribution in [0.15, 0.2) is 0 Å². The number of carbonyl (C=O) groups is 1. The maximum Gasteiger partial charge on any atom is 0.237 e. The summed E-state index contributed by atoms with van der Waals surface area (Å²) in [5.74, 6) is 0.00790. The van der Waals surface area contributed by atoms with Crippen LogP contribution in [0.4, 0.5) is 0 Å². The average molecular weight is 257 g/mol. The first-order valence-corrected chi connectivity index (χ1v) is 6.75. The van der Waals surface area contributed by atoms with Crippen molar-refractivity contribution in [3.63, 3.8) is 0 Å². The zero-order valence-corrected chi connectivity index (χ0v) is 10.7. The largest absolute Gasteiger partial charge is 0.392 e. The fourth-order valence-corrected chi connectivity index (χ4v) is 2.38. The number of nitrogens with zero attached hydrogens (tertiary/aromatic N) is 1. The van der Waals surface area contributed by atoms with Crippen LogP contribution in [0.1, 0.15) is 12.8 Å². The highest BCUT2D eigenvalue weighted by Gasteiger charge is 2.27. The molecule has 2 aliphatic rings. The molecular formula is C12H23N3O3. The van der Waals surface area contributed by atoms with Crippen LogP contribution in [0.5, 0.6) is 0 Å². The van der Waals surface area contributed by atoms with Gasteiger partial charge in [-0.25, -0.2) is 0 Å². The third-order valence-electron chi connectivity index (χ3n) is 3.48. The van der Waals surface area contributed by atoms with Crippen molar-refractivity contribution in [2.24, 2.45) is 0 Å². The lowest BCUT2D eigenvalue weighted by Gasteiger charge is -2.26. The number of β-amino-alcohol motifs (C(OH)–C–C–N with tert-alkyl or cyclic N) is 1. The van der Waals surface area contributed by atoms with E-state index in [-0.39, 0.29) is 18.1 Å². The van der Waals surface area contributed by atoms with Gasteiger partial charge in [0.2, 0.25) is 5.91 Å². The lowest BCUT2D eigenvalue weighted by Crippen LogP contribution is -2.42. The van der Waals surface area contributed by atoms with E-state index in [0.29, 0.717) is 19.5 Å². The van der Waals surface area contributed by atoms with Crippen molar-refractivity contribution in [2.45, 2.75) is 25.0 Å². The molecule has 0 aromatic carbocycles. The van der Waals surface area contributed by atoms with Gasteiger partial charge in [-0.05, 0) is 19.4 Å². The van der Waals surface area contributed by atoms with Crippen molar-refractivity contribution in [1.29, 1.82) is 0 Å². The highest BCUT2D eigenvalue weighted by molar-refractivity contribution is 5.82. The third-order valence-corrected chi connectivity index (χ3v) is 3.48. The normalized spacial score (nSPS) is 29.4. The summed E-state index contributed by atoms with van der Waals surface area (Å²) in [5.41, 5.74) is 0. The van der Waals surface area contributed by atoms with E-state index in [1.807, 2.05) is 0 Å². The summed E-state index contributed by atoms with van der Waals surface area (Å²) < 4.78 is 5.28. The van der Waals surface area contributed by atoms with Crippen LogP contribution in [-0.4, -0.2) is 74.0 Å². The third kappa shape index (κ3) is 4.20. The maximum atomic E-state index is 11.7. The van der Waals surface area contributed by atoms with Gasteiger partial charge < -0.3 is 20.5 Å². The van der Waals surface area contributed by atoms with E-state index in [0.717, 1.165) is 39.3 Å². The number of aliphatic hydroxyl groups excluding tert-OH is 1. The highest BCUT2D eigenvalue weighted by atomic mass is 16.5. The minimum Gasteiger partial charge on any atom is -0.392 e. The molecule has 0 aliphatic carbocycles. The molecule has 2 heterocycles. The van der Waals surface area contributed by atoms with Crippen LogP contribution in [0.25, 0.3) is 0 Å². The second-order valence-electron chi connectivity index (χ2n) is 4.95. The molecule has 18 heavy (non-hydrogen) atoms. The van der Waals surface area contributed by atoms with E-state index >= 15 is 0 Å². The topological polar surface area (TPSA) is 73.8 Å². The van der Waals surface area contributed by atoms with Gasteiger partial charge in [-0.15, -0.1) is 0 Å². The maximum absolute atomic E-state index is 11.7. The summed E-state index contributed by atoms with van der Waals surface area (Å²) in [4.78, 5) is 14.1. The number of carbonyl (C=O) groups excluding carboxylic acids is 1. The molecule has 3 N–H and O–H groups in total. The number of morpholine rings is 1. The fourth-order valence-electron chi connectivity index (χ4n) is 2.38. The predicted molar refractivity (Wildman–Crippen MR) is 67.3 cm³/mol. The summed E-state index contributed by atoms with van der Waals surface area (Å²) >= 11 is 0. The van der Waals surface area contributed by atoms with Crippen LogP contribution in [0, 0.1) is 0 Å². The Bertz CT molecular complexity index is 269. The van der Waals surface area contributed by atoms with Crippen molar-refractivity contribution in [1.82, 2.24) is 15.5 Å². The molecule has 6 heteroatoms. The van der Waals surface area contributed by atoms with Crippen LogP contribution < -0.4 is 10.6 Å². The Morgan fingerprint density at radius 2 is 2.22 bits per heavy atom. The lowest BCUT2D eigenvalue weighted by molar-refractivity contribution is -0.122. The molecule has 0 aromatic rings. The van der Waals surface area contributed by atoms with E-state index in [2.05, 4.69) is 15.5 Å². The molecule has 0 spiro atoms. The van der Waals surface area contributed by atoms with Crippen LogP contribution in [-0.2, 0) is 9.53 Å². The van der Waals surface area contributed by atoms with Gasteiger partial charge in [0, 0.05) is 26.2 Å². The first-order chi connectivity index (χ1) is 8.75. The number of ether oxygens (including phenoxy) is 1. The van der Waals surface area contributed by atoms with Crippen molar-refractivity contribution in [2.75, 3.05) is 45.9 Å². The molecule has 0 radical (unpaired) electrons. The van der Waals surface area contributed by atoms with E-state index in [9.17, 15) is 9.90 Å². The SMILES string of the molecule is O=C(NCCCN1CCOCC1)C1CC(O)CN1. The van der Waals surface area contributed by atoms with Crippen LogP contribution >= 0.6 is 0 Å². The first-order valence-electron chi connectivity index (χ1n) is 6.75. The highest BCUT2D eigenvalue weighted by Crippen LogP contribution is 2.05. The van der Waals surface area contributed by atoms with Gasteiger partial charge in [0.25, 0.3) is 0 Å². The Kier molecular flexibility index (Phi) is 5.37. The number of hydrogen-bond acceptors (Lipinski definition) is 5. The quantitative estimate of drug-likeness (QED) is 0.525. The summed E-state index contributed by atoms with van der Waals surface area (Å²) in [5, 5.41) is 15.3. The zero-order chi connectivity index (χ0) is 12.8. The minimum absolute atomic E-state index is 0.00790. The number of aliphatic hydroxyl groups is 1. The monoisotopic (exact) mass is 257 g/mol. The van der Waals surface area contributed by atoms with Gasteiger partial charge >= 0.3 is 0 Å². The predicted octanol–water partition coefficient (Wildman–Crippen LogP) is -1.45. The average Bonchev–Trinajstić information content (AvgIpc) is 2.82. The van der Waals surface area contributed by atoms with Crippen LogP contribution in [0.2, 0.25) is 0 Å². The molecule has 0 bridgehead atoms. The molecule has 2 aliphatic heterocycles. The fraction of sp³-hybridized carbons (Fsp3) is 0.917. The number of amides is 1. The first kappa shape index (κ1) is 13.7. The molecule has 2 fully saturated rings. The Hall–Kier alpha value is -0.690. The molecule has 2 rings (SSSR count). The van der Waals surface area contributed by atoms with Gasteiger partial charge in [0.05, 0.1) is 25.4 Å². The Morgan fingerprint density at radius 3 is 2.89 bits per heavy atom. The van der Waals surface area contributed by atoms with Crippen molar-refractivity contribution < 1.29 is 14.6 Å². The Labute approximate surface area is 108 Å². The summed E-state index contributed by atoms with van der Waals surface area (Å²) in [6, 6.07) is -0.219. The second-order valence-corrected chi connectivity index (χ2v) is 4.95. The summed E-state index contributed by atoms with van der Waals surface area (Å²) in [7, 11) is 0. The molecular weight excluding hydrogens is 234 g/mol. The van der Waals surface area contributed by atoms with Crippen molar-refractivity contribution >= 4 is 5.91 Å². The molecule has 0 saturated carbocycles. The number of nitrogens with one attached hydrogen (secondary N) is 2. The van der Waals surface area contributed by atoms with E-state index in [1.54, 1.807) is 0 Å². The van der Waals surface area contributed by atoms with Crippen molar-refractivity contribution in [3.8, 4) is 0 Å². The Balaban J connectivity index is 1.53. The number of hydrogen-bond donors (Lipinski definition) is 3. The molecule has 2 unspecified atom stereocenters. The zero-order valence-electron chi connectivity index (χ0n) is 10.7. The molecule has 1 amide bonds. The number of rotatable bonds is 5. The molecule has 2 atom stereocenters.